The zero-order valence-corrected chi connectivity index (χ0v) is 16.0. The number of carbonyl (C=O) groups excluding carboxylic acids is 3. The summed E-state index contributed by atoms with van der Waals surface area (Å²) in [6.07, 6.45) is 4.07. The summed E-state index contributed by atoms with van der Waals surface area (Å²) in [5.41, 5.74) is 1.80. The second kappa shape index (κ2) is 9.05. The quantitative estimate of drug-likeness (QED) is 0.440. The first-order valence-electron chi connectivity index (χ1n) is 9.13. The van der Waals surface area contributed by atoms with Crippen LogP contribution in [0.15, 0.2) is 48.5 Å². The predicted molar refractivity (Wildman–Crippen MR) is 107 cm³/mol. The smallest absolute Gasteiger partial charge is 0.331 e. The minimum Gasteiger partial charge on any atom is -0.504 e. The van der Waals surface area contributed by atoms with E-state index in [1.165, 1.54) is 25.3 Å². The highest BCUT2D eigenvalue weighted by molar-refractivity contribution is 6.00. The molecule has 0 bridgehead atoms. The van der Waals surface area contributed by atoms with Crippen LogP contribution < -0.4 is 9.64 Å². The Labute approximate surface area is 168 Å². The Balaban J connectivity index is 1.53. The molecule has 7 heteroatoms. The first kappa shape index (κ1) is 20.1. The van der Waals surface area contributed by atoms with Crippen molar-refractivity contribution in [1.29, 1.82) is 0 Å². The van der Waals surface area contributed by atoms with Crippen molar-refractivity contribution in [2.24, 2.45) is 0 Å². The number of phenolic OH excluding ortho intramolecular Hbond substituents is 1. The molecule has 2 aromatic carbocycles. The maximum Gasteiger partial charge on any atom is 0.331 e. The molecular formula is C22H21NO6. The number of amides is 1. The minimum absolute atomic E-state index is 0.00191. The molecule has 1 aliphatic heterocycles. The Kier molecular flexibility index (Phi) is 6.29. The number of methoxy groups -OCH3 is 1. The Morgan fingerprint density at radius 2 is 1.93 bits per heavy atom. The topological polar surface area (TPSA) is 93.1 Å². The normalized spacial score (nSPS) is 13.7. The van der Waals surface area contributed by atoms with Crippen LogP contribution in [0.3, 0.4) is 0 Å². The molecular weight excluding hydrogens is 374 g/mol. The van der Waals surface area contributed by atoms with E-state index >= 15 is 0 Å². The molecule has 7 nitrogen and oxygen atoms in total. The molecule has 0 atom stereocenters. The molecule has 1 amide bonds. The number of rotatable bonds is 7. The van der Waals surface area contributed by atoms with Crippen LogP contribution in [0.25, 0.3) is 6.08 Å². The van der Waals surface area contributed by atoms with Crippen molar-refractivity contribution >= 4 is 29.4 Å². The van der Waals surface area contributed by atoms with E-state index in [2.05, 4.69) is 0 Å². The highest BCUT2D eigenvalue weighted by Gasteiger charge is 2.21. The molecule has 0 unspecified atom stereocenters. The van der Waals surface area contributed by atoms with Gasteiger partial charge in [0.05, 0.1) is 7.11 Å². The lowest BCUT2D eigenvalue weighted by molar-refractivity contribution is -0.136. The van der Waals surface area contributed by atoms with Gasteiger partial charge in [-0.25, -0.2) is 4.79 Å². The van der Waals surface area contributed by atoms with E-state index in [-0.39, 0.29) is 29.8 Å². The molecule has 1 aliphatic rings. The second-order valence-corrected chi connectivity index (χ2v) is 6.49. The molecule has 0 aliphatic carbocycles. The summed E-state index contributed by atoms with van der Waals surface area (Å²) in [7, 11) is 1.43. The monoisotopic (exact) mass is 395 g/mol. The van der Waals surface area contributed by atoms with Crippen molar-refractivity contribution in [1.82, 2.24) is 0 Å². The van der Waals surface area contributed by atoms with Crippen molar-refractivity contribution in [2.75, 3.05) is 25.2 Å². The van der Waals surface area contributed by atoms with Gasteiger partial charge in [0, 0.05) is 30.3 Å². The van der Waals surface area contributed by atoms with Crippen LogP contribution in [0.5, 0.6) is 11.5 Å². The average Bonchev–Trinajstić information content (AvgIpc) is 3.17. The zero-order valence-electron chi connectivity index (χ0n) is 16.0. The Morgan fingerprint density at radius 1 is 1.17 bits per heavy atom. The number of phenols is 1. The van der Waals surface area contributed by atoms with Gasteiger partial charge >= 0.3 is 5.97 Å². The van der Waals surface area contributed by atoms with E-state index in [1.54, 1.807) is 41.3 Å². The van der Waals surface area contributed by atoms with E-state index in [1.807, 2.05) is 0 Å². The molecule has 1 saturated heterocycles. The third-order valence-corrected chi connectivity index (χ3v) is 4.54. The van der Waals surface area contributed by atoms with Gasteiger partial charge in [-0.05, 0) is 54.5 Å². The van der Waals surface area contributed by atoms with Gasteiger partial charge in [0.2, 0.25) is 5.91 Å². The molecule has 1 N–H and O–H groups in total. The summed E-state index contributed by atoms with van der Waals surface area (Å²) < 4.78 is 9.99. The summed E-state index contributed by atoms with van der Waals surface area (Å²) in [6, 6.07) is 11.3. The fourth-order valence-corrected chi connectivity index (χ4v) is 2.98. The molecule has 29 heavy (non-hydrogen) atoms. The number of ether oxygens (including phenoxy) is 2. The van der Waals surface area contributed by atoms with Crippen molar-refractivity contribution in [3.63, 3.8) is 0 Å². The Bertz CT molecular complexity index is 948. The van der Waals surface area contributed by atoms with Gasteiger partial charge < -0.3 is 19.5 Å². The molecule has 2 aromatic rings. The maximum absolute atomic E-state index is 12.2. The van der Waals surface area contributed by atoms with Crippen molar-refractivity contribution < 1.29 is 29.0 Å². The van der Waals surface area contributed by atoms with Crippen LogP contribution >= 0.6 is 0 Å². The second-order valence-electron chi connectivity index (χ2n) is 6.49. The molecule has 1 heterocycles. The van der Waals surface area contributed by atoms with E-state index in [0.717, 1.165) is 12.1 Å². The van der Waals surface area contributed by atoms with Gasteiger partial charge in [0.25, 0.3) is 0 Å². The highest BCUT2D eigenvalue weighted by atomic mass is 16.5. The van der Waals surface area contributed by atoms with Crippen LogP contribution in [0.1, 0.15) is 28.8 Å². The number of ketones is 1. The summed E-state index contributed by atoms with van der Waals surface area (Å²) in [6.45, 7) is 0.299. The molecule has 150 valence electrons. The molecule has 0 saturated carbocycles. The third-order valence-electron chi connectivity index (χ3n) is 4.54. The number of hydrogen-bond donors (Lipinski definition) is 1. The number of carbonyl (C=O) groups is 3. The van der Waals surface area contributed by atoms with Gasteiger partial charge in [-0.3, -0.25) is 9.59 Å². The number of esters is 1. The van der Waals surface area contributed by atoms with Crippen LogP contribution in [-0.2, 0) is 14.3 Å². The van der Waals surface area contributed by atoms with Crippen molar-refractivity contribution in [3.05, 3.63) is 59.7 Å². The number of Topliss-reactive ketones (excluding diaryl/α,β-unsaturated/α-hetero) is 1. The van der Waals surface area contributed by atoms with E-state index in [9.17, 15) is 19.5 Å². The molecule has 1 fully saturated rings. The summed E-state index contributed by atoms with van der Waals surface area (Å²) in [5, 5.41) is 9.56. The van der Waals surface area contributed by atoms with Crippen LogP contribution in [-0.4, -0.2) is 43.0 Å². The summed E-state index contributed by atoms with van der Waals surface area (Å²) in [4.78, 5) is 37.5. The standard InChI is InChI=1S/C22H21NO6/c1-28-20-13-15(4-10-18(20)24)5-11-22(27)29-14-19(25)16-6-8-17(9-7-16)23-12-2-3-21(23)26/h4-11,13,24H,2-3,12,14H2,1H3/b11-5+. The molecule has 0 radical (unpaired) electrons. The summed E-state index contributed by atoms with van der Waals surface area (Å²) in [5.74, 6) is -0.634. The zero-order chi connectivity index (χ0) is 20.8. The van der Waals surface area contributed by atoms with Gasteiger partial charge in [-0.1, -0.05) is 6.07 Å². The van der Waals surface area contributed by atoms with Gasteiger partial charge in [-0.15, -0.1) is 0 Å². The number of benzene rings is 2. The van der Waals surface area contributed by atoms with Crippen molar-refractivity contribution in [3.8, 4) is 11.5 Å². The number of hydrogen-bond acceptors (Lipinski definition) is 6. The largest absolute Gasteiger partial charge is 0.504 e. The number of anilines is 1. The van der Waals surface area contributed by atoms with E-state index in [4.69, 9.17) is 9.47 Å². The molecule has 0 aromatic heterocycles. The molecule has 0 spiro atoms. The maximum atomic E-state index is 12.2. The van der Waals surface area contributed by atoms with Gasteiger partial charge in [0.1, 0.15) is 0 Å². The minimum atomic E-state index is -0.662. The fraction of sp³-hybridized carbons (Fsp3) is 0.227. The first-order chi connectivity index (χ1) is 14.0. The lowest BCUT2D eigenvalue weighted by Crippen LogP contribution is -2.23. The predicted octanol–water partition coefficient (Wildman–Crippen LogP) is 2.97. The Morgan fingerprint density at radius 3 is 2.59 bits per heavy atom. The fourth-order valence-electron chi connectivity index (χ4n) is 2.98. The number of aromatic hydroxyl groups is 1. The summed E-state index contributed by atoms with van der Waals surface area (Å²) >= 11 is 0. The van der Waals surface area contributed by atoms with E-state index < -0.39 is 5.97 Å². The van der Waals surface area contributed by atoms with E-state index in [0.29, 0.717) is 24.1 Å². The SMILES string of the molecule is COc1cc(/C=C/C(=O)OCC(=O)c2ccc(N3CCCC3=O)cc2)ccc1O. The van der Waals surface area contributed by atoms with Crippen LogP contribution in [0.4, 0.5) is 5.69 Å². The van der Waals surface area contributed by atoms with Crippen molar-refractivity contribution in [2.45, 2.75) is 12.8 Å². The lowest BCUT2D eigenvalue weighted by atomic mass is 10.1. The first-order valence-corrected chi connectivity index (χ1v) is 9.13. The number of nitrogens with zero attached hydrogens (tertiary/aromatic N) is 1. The Hall–Kier alpha value is -3.61. The van der Waals surface area contributed by atoms with Gasteiger partial charge in [0.15, 0.2) is 23.9 Å². The molecule has 3 rings (SSSR count). The average molecular weight is 395 g/mol. The van der Waals surface area contributed by atoms with Crippen LogP contribution in [0, 0.1) is 0 Å². The highest BCUT2D eigenvalue weighted by Crippen LogP contribution is 2.26. The van der Waals surface area contributed by atoms with Crippen LogP contribution in [0.2, 0.25) is 0 Å². The third kappa shape index (κ3) is 5.01. The lowest BCUT2D eigenvalue weighted by Gasteiger charge is -2.15. The van der Waals surface area contributed by atoms with Gasteiger partial charge in [-0.2, -0.15) is 0 Å².